The van der Waals surface area contributed by atoms with Gasteiger partial charge in [0, 0.05) is 6.04 Å². The summed E-state index contributed by atoms with van der Waals surface area (Å²) in [5, 5.41) is 3.50. The maximum absolute atomic E-state index is 12.5. The Bertz CT molecular complexity index is 459. The average Bonchev–Trinajstić information content (AvgIpc) is 3.16. The fourth-order valence-electron chi connectivity index (χ4n) is 3.20. The molecule has 0 spiro atoms. The van der Waals surface area contributed by atoms with Crippen LogP contribution in [0.4, 0.5) is 0 Å². The maximum atomic E-state index is 12.5. The molecule has 1 amide bonds. The zero-order valence-electron chi connectivity index (χ0n) is 11.7. The summed E-state index contributed by atoms with van der Waals surface area (Å²) < 4.78 is 0. The van der Waals surface area contributed by atoms with E-state index in [1.54, 1.807) is 0 Å². The molecule has 1 aromatic carbocycles. The molecule has 1 aliphatic carbocycles. The number of nitrogens with zero attached hydrogens (tertiary/aromatic N) is 1. The first kappa shape index (κ1) is 12.7. The van der Waals surface area contributed by atoms with Gasteiger partial charge in [-0.05, 0) is 24.3 Å². The van der Waals surface area contributed by atoms with Crippen LogP contribution in [0.15, 0.2) is 30.3 Å². The van der Waals surface area contributed by atoms with Crippen molar-refractivity contribution in [2.24, 2.45) is 5.92 Å². The van der Waals surface area contributed by atoms with Crippen molar-refractivity contribution in [1.29, 1.82) is 0 Å². The van der Waals surface area contributed by atoms with Crippen molar-refractivity contribution in [2.75, 3.05) is 0 Å². The fourth-order valence-corrected chi connectivity index (χ4v) is 3.20. The number of carbonyl (C=O) groups excluding carboxylic acids is 1. The first-order valence-corrected chi connectivity index (χ1v) is 7.39. The van der Waals surface area contributed by atoms with E-state index in [0.717, 1.165) is 6.42 Å². The zero-order chi connectivity index (χ0) is 13.4. The van der Waals surface area contributed by atoms with E-state index in [-0.39, 0.29) is 18.1 Å². The van der Waals surface area contributed by atoms with Crippen molar-refractivity contribution >= 4 is 5.91 Å². The molecule has 102 valence electrons. The van der Waals surface area contributed by atoms with E-state index in [4.69, 9.17) is 0 Å². The highest BCUT2D eigenvalue weighted by atomic mass is 16.2. The van der Waals surface area contributed by atoms with Gasteiger partial charge in [0.2, 0.25) is 5.91 Å². The summed E-state index contributed by atoms with van der Waals surface area (Å²) in [7, 11) is 0. The SMILES string of the molecule is CCC1NC(c2ccccc2)N(C2CC2CC)C1=O. The van der Waals surface area contributed by atoms with Crippen molar-refractivity contribution in [3.05, 3.63) is 35.9 Å². The topological polar surface area (TPSA) is 32.3 Å². The minimum absolute atomic E-state index is 0.0108. The Kier molecular flexibility index (Phi) is 3.31. The van der Waals surface area contributed by atoms with Gasteiger partial charge < -0.3 is 4.90 Å². The van der Waals surface area contributed by atoms with Crippen molar-refractivity contribution in [3.63, 3.8) is 0 Å². The minimum Gasteiger partial charge on any atom is -0.318 e. The summed E-state index contributed by atoms with van der Waals surface area (Å²) in [6, 6.07) is 10.8. The quantitative estimate of drug-likeness (QED) is 0.900. The monoisotopic (exact) mass is 258 g/mol. The van der Waals surface area contributed by atoms with Gasteiger partial charge in [-0.25, -0.2) is 0 Å². The predicted molar refractivity (Wildman–Crippen MR) is 75.4 cm³/mol. The summed E-state index contributed by atoms with van der Waals surface area (Å²) in [5.74, 6) is 0.991. The van der Waals surface area contributed by atoms with Crippen molar-refractivity contribution in [1.82, 2.24) is 10.2 Å². The van der Waals surface area contributed by atoms with Crippen LogP contribution in [0.1, 0.15) is 44.8 Å². The van der Waals surface area contributed by atoms with Gasteiger partial charge in [-0.2, -0.15) is 0 Å². The summed E-state index contributed by atoms with van der Waals surface area (Å²) in [4.78, 5) is 14.6. The second kappa shape index (κ2) is 4.97. The molecule has 4 unspecified atom stereocenters. The van der Waals surface area contributed by atoms with Gasteiger partial charge in [0.1, 0.15) is 6.17 Å². The van der Waals surface area contributed by atoms with E-state index >= 15 is 0 Å². The Labute approximate surface area is 115 Å². The smallest absolute Gasteiger partial charge is 0.241 e. The predicted octanol–water partition coefficient (Wildman–Crippen LogP) is 2.69. The molecule has 2 fully saturated rings. The molecule has 0 radical (unpaired) electrons. The van der Waals surface area contributed by atoms with Crippen LogP contribution >= 0.6 is 0 Å². The Morgan fingerprint density at radius 2 is 1.95 bits per heavy atom. The van der Waals surface area contributed by atoms with Crippen LogP contribution in [0, 0.1) is 5.92 Å². The Balaban J connectivity index is 1.87. The summed E-state index contributed by atoms with van der Waals surface area (Å²) in [6.07, 6.45) is 3.28. The average molecular weight is 258 g/mol. The second-order valence-corrected chi connectivity index (χ2v) is 5.66. The van der Waals surface area contributed by atoms with Gasteiger partial charge >= 0.3 is 0 Å². The van der Waals surface area contributed by atoms with Gasteiger partial charge in [0.25, 0.3) is 0 Å². The fraction of sp³-hybridized carbons (Fsp3) is 0.562. The van der Waals surface area contributed by atoms with Crippen LogP contribution in [0.2, 0.25) is 0 Å². The number of hydrogen-bond acceptors (Lipinski definition) is 2. The first-order valence-electron chi connectivity index (χ1n) is 7.39. The minimum atomic E-state index is -0.0108. The Morgan fingerprint density at radius 1 is 1.21 bits per heavy atom. The van der Waals surface area contributed by atoms with E-state index < -0.39 is 0 Å². The first-order chi connectivity index (χ1) is 9.26. The highest BCUT2D eigenvalue weighted by Crippen LogP contribution is 2.44. The van der Waals surface area contributed by atoms with Crippen LogP contribution in [0.3, 0.4) is 0 Å². The van der Waals surface area contributed by atoms with Crippen LogP contribution in [-0.2, 0) is 4.79 Å². The lowest BCUT2D eigenvalue weighted by molar-refractivity contribution is -0.130. The van der Waals surface area contributed by atoms with Crippen LogP contribution in [0.25, 0.3) is 0 Å². The number of amides is 1. The molecule has 19 heavy (non-hydrogen) atoms. The highest BCUT2D eigenvalue weighted by Gasteiger charge is 2.50. The molecule has 1 heterocycles. The van der Waals surface area contributed by atoms with Gasteiger partial charge in [-0.1, -0.05) is 50.6 Å². The molecule has 1 aliphatic heterocycles. The number of benzene rings is 1. The molecule has 3 heteroatoms. The van der Waals surface area contributed by atoms with E-state index in [0.29, 0.717) is 12.0 Å². The van der Waals surface area contributed by atoms with Crippen molar-refractivity contribution in [2.45, 2.75) is 51.4 Å². The number of hydrogen-bond donors (Lipinski definition) is 1. The van der Waals surface area contributed by atoms with Crippen LogP contribution in [-0.4, -0.2) is 22.9 Å². The van der Waals surface area contributed by atoms with E-state index in [1.165, 1.54) is 18.4 Å². The number of carbonyl (C=O) groups is 1. The maximum Gasteiger partial charge on any atom is 0.241 e. The molecule has 0 aromatic heterocycles. The van der Waals surface area contributed by atoms with Gasteiger partial charge in [0.15, 0.2) is 0 Å². The summed E-state index contributed by atoms with van der Waals surface area (Å²) in [5.41, 5.74) is 1.20. The zero-order valence-corrected chi connectivity index (χ0v) is 11.7. The third-order valence-electron chi connectivity index (χ3n) is 4.48. The van der Waals surface area contributed by atoms with Gasteiger partial charge in [-0.15, -0.1) is 0 Å². The standard InChI is InChI=1S/C16H22N2O/c1-3-11-10-14(11)18-15(12-8-6-5-7-9-12)17-13(4-2)16(18)19/h5-9,11,13-15,17H,3-4,10H2,1-2H3. The Morgan fingerprint density at radius 3 is 2.53 bits per heavy atom. The number of rotatable bonds is 4. The van der Waals surface area contributed by atoms with E-state index in [1.807, 2.05) is 18.2 Å². The molecule has 4 atom stereocenters. The molecular weight excluding hydrogens is 236 g/mol. The highest BCUT2D eigenvalue weighted by molar-refractivity contribution is 5.85. The Hall–Kier alpha value is -1.35. The third-order valence-corrected chi connectivity index (χ3v) is 4.48. The lowest BCUT2D eigenvalue weighted by atomic mass is 10.1. The molecule has 3 nitrogen and oxygen atoms in total. The normalized spacial score (nSPS) is 33.8. The third kappa shape index (κ3) is 2.16. The van der Waals surface area contributed by atoms with E-state index in [2.05, 4.69) is 36.2 Å². The van der Waals surface area contributed by atoms with E-state index in [9.17, 15) is 4.79 Å². The molecule has 1 saturated carbocycles. The summed E-state index contributed by atoms with van der Waals surface area (Å²) >= 11 is 0. The van der Waals surface area contributed by atoms with Crippen LogP contribution in [0.5, 0.6) is 0 Å². The largest absolute Gasteiger partial charge is 0.318 e. The van der Waals surface area contributed by atoms with Crippen molar-refractivity contribution in [3.8, 4) is 0 Å². The van der Waals surface area contributed by atoms with Crippen LogP contribution < -0.4 is 5.32 Å². The molecule has 1 aromatic rings. The lowest BCUT2D eigenvalue weighted by Crippen LogP contribution is -2.34. The molecule has 0 bridgehead atoms. The molecule has 1 N–H and O–H groups in total. The molecule has 2 aliphatic rings. The molecule has 3 rings (SSSR count). The molecular formula is C16H22N2O. The van der Waals surface area contributed by atoms with Gasteiger partial charge in [-0.3, -0.25) is 10.1 Å². The second-order valence-electron chi connectivity index (χ2n) is 5.66. The lowest BCUT2D eigenvalue weighted by Gasteiger charge is -2.25. The summed E-state index contributed by atoms with van der Waals surface area (Å²) in [6.45, 7) is 4.29. The number of nitrogens with one attached hydrogen (secondary N) is 1. The van der Waals surface area contributed by atoms with Crippen molar-refractivity contribution < 1.29 is 4.79 Å². The molecule has 1 saturated heterocycles. The van der Waals surface area contributed by atoms with Gasteiger partial charge in [0.05, 0.1) is 6.04 Å².